The SMILES string of the molecule is CNC(=O)COc1ccc(C(=O)NC(C)(CN)C(C)C)cc1OC. The van der Waals surface area contributed by atoms with E-state index in [1.807, 2.05) is 20.8 Å². The van der Waals surface area contributed by atoms with Gasteiger partial charge >= 0.3 is 0 Å². The molecule has 1 rings (SSSR count). The Morgan fingerprint density at radius 1 is 1.29 bits per heavy atom. The minimum atomic E-state index is -0.501. The van der Waals surface area contributed by atoms with Gasteiger partial charge in [0.05, 0.1) is 12.6 Å². The van der Waals surface area contributed by atoms with E-state index in [1.165, 1.54) is 14.2 Å². The number of nitrogens with two attached hydrogens (primary N) is 1. The fourth-order valence-electron chi connectivity index (χ4n) is 1.91. The second-order valence-corrected chi connectivity index (χ2v) is 6.06. The van der Waals surface area contributed by atoms with Crippen LogP contribution in [0.25, 0.3) is 0 Å². The molecule has 0 fully saturated rings. The molecule has 0 spiro atoms. The van der Waals surface area contributed by atoms with Crippen molar-refractivity contribution in [2.24, 2.45) is 11.7 Å². The average Bonchev–Trinajstić information content (AvgIpc) is 2.58. The second-order valence-electron chi connectivity index (χ2n) is 6.06. The van der Waals surface area contributed by atoms with Gasteiger partial charge in [0.2, 0.25) is 0 Å². The summed E-state index contributed by atoms with van der Waals surface area (Å²) in [6.45, 7) is 6.12. The number of rotatable bonds is 8. The third kappa shape index (κ3) is 4.86. The fraction of sp³-hybridized carbons (Fsp3) is 0.529. The summed E-state index contributed by atoms with van der Waals surface area (Å²) in [5, 5.41) is 5.43. The molecule has 4 N–H and O–H groups in total. The summed E-state index contributed by atoms with van der Waals surface area (Å²) in [6, 6.07) is 4.80. The predicted molar refractivity (Wildman–Crippen MR) is 92.3 cm³/mol. The largest absolute Gasteiger partial charge is 0.493 e. The van der Waals surface area contributed by atoms with Gasteiger partial charge in [-0.25, -0.2) is 0 Å². The summed E-state index contributed by atoms with van der Waals surface area (Å²) >= 11 is 0. The molecule has 0 radical (unpaired) electrons. The first-order valence-corrected chi connectivity index (χ1v) is 7.81. The van der Waals surface area contributed by atoms with Crippen molar-refractivity contribution in [1.82, 2.24) is 10.6 Å². The van der Waals surface area contributed by atoms with Crippen LogP contribution in [0.2, 0.25) is 0 Å². The van der Waals surface area contributed by atoms with Gasteiger partial charge in [-0.3, -0.25) is 9.59 Å². The molecular formula is C17H27N3O4. The van der Waals surface area contributed by atoms with Gasteiger partial charge in [-0.2, -0.15) is 0 Å². The van der Waals surface area contributed by atoms with Crippen molar-refractivity contribution in [2.75, 3.05) is 27.3 Å². The predicted octanol–water partition coefficient (Wildman–Crippen LogP) is 0.923. The van der Waals surface area contributed by atoms with E-state index in [2.05, 4.69) is 10.6 Å². The monoisotopic (exact) mass is 337 g/mol. The van der Waals surface area contributed by atoms with Crippen molar-refractivity contribution < 1.29 is 19.1 Å². The van der Waals surface area contributed by atoms with Crippen LogP contribution >= 0.6 is 0 Å². The quantitative estimate of drug-likeness (QED) is 0.655. The molecule has 2 amide bonds. The van der Waals surface area contributed by atoms with Crippen molar-refractivity contribution in [2.45, 2.75) is 26.3 Å². The van der Waals surface area contributed by atoms with E-state index in [4.69, 9.17) is 15.2 Å². The standard InChI is InChI=1S/C17H27N3O4/c1-11(2)17(3,10-18)20-16(22)12-6-7-13(14(8-12)23-5)24-9-15(21)19-4/h6-8,11H,9-10,18H2,1-5H3,(H,19,21)(H,20,22). The highest BCUT2D eigenvalue weighted by Crippen LogP contribution is 2.28. The zero-order valence-corrected chi connectivity index (χ0v) is 14.9. The second kappa shape index (κ2) is 8.54. The number of benzene rings is 1. The van der Waals surface area contributed by atoms with Crippen LogP contribution in [0.5, 0.6) is 11.5 Å². The maximum absolute atomic E-state index is 12.5. The molecule has 1 unspecified atom stereocenters. The van der Waals surface area contributed by atoms with Crippen LogP contribution in [-0.2, 0) is 4.79 Å². The molecule has 0 bridgehead atoms. The van der Waals surface area contributed by atoms with Crippen LogP contribution in [0, 0.1) is 5.92 Å². The Bertz CT molecular complexity index is 589. The first-order chi connectivity index (χ1) is 11.3. The molecule has 7 nitrogen and oxygen atoms in total. The molecule has 1 atom stereocenters. The van der Waals surface area contributed by atoms with Crippen LogP contribution in [0.4, 0.5) is 0 Å². The molecule has 0 heterocycles. The Hall–Kier alpha value is -2.28. The third-order valence-corrected chi connectivity index (χ3v) is 4.16. The summed E-state index contributed by atoms with van der Waals surface area (Å²) in [4.78, 5) is 23.7. The Labute approximate surface area is 142 Å². The number of ether oxygens (including phenoxy) is 2. The number of likely N-dealkylation sites (N-methyl/N-ethyl adjacent to an activating group) is 1. The zero-order valence-electron chi connectivity index (χ0n) is 14.9. The van der Waals surface area contributed by atoms with Gasteiger partial charge in [0.25, 0.3) is 11.8 Å². The maximum atomic E-state index is 12.5. The number of carbonyl (C=O) groups excluding carboxylic acids is 2. The van der Waals surface area contributed by atoms with Gasteiger partial charge in [0.1, 0.15) is 0 Å². The number of nitrogens with one attached hydrogen (secondary N) is 2. The van der Waals surface area contributed by atoms with E-state index in [0.717, 1.165) is 0 Å². The maximum Gasteiger partial charge on any atom is 0.257 e. The fourth-order valence-corrected chi connectivity index (χ4v) is 1.91. The van der Waals surface area contributed by atoms with Crippen LogP contribution in [0.1, 0.15) is 31.1 Å². The van der Waals surface area contributed by atoms with Gasteiger partial charge in [-0.1, -0.05) is 13.8 Å². The zero-order chi connectivity index (χ0) is 18.3. The minimum Gasteiger partial charge on any atom is -0.493 e. The highest BCUT2D eigenvalue weighted by atomic mass is 16.5. The first-order valence-electron chi connectivity index (χ1n) is 7.81. The van der Waals surface area contributed by atoms with Crippen LogP contribution in [0.3, 0.4) is 0 Å². The molecule has 0 saturated carbocycles. The summed E-state index contributed by atoms with van der Waals surface area (Å²) in [6.07, 6.45) is 0. The molecule has 0 aromatic heterocycles. The van der Waals surface area contributed by atoms with Gasteiger partial charge in [0, 0.05) is 19.2 Å². The lowest BCUT2D eigenvalue weighted by atomic mass is 9.88. The average molecular weight is 337 g/mol. The molecule has 24 heavy (non-hydrogen) atoms. The van der Waals surface area contributed by atoms with Crippen molar-refractivity contribution in [3.05, 3.63) is 23.8 Å². The smallest absolute Gasteiger partial charge is 0.257 e. The van der Waals surface area contributed by atoms with Crippen LogP contribution in [0.15, 0.2) is 18.2 Å². The van der Waals surface area contributed by atoms with E-state index < -0.39 is 5.54 Å². The number of methoxy groups -OCH3 is 1. The number of amides is 2. The summed E-state index contributed by atoms with van der Waals surface area (Å²) in [5.74, 6) is 0.458. The van der Waals surface area contributed by atoms with Crippen molar-refractivity contribution >= 4 is 11.8 Å². The van der Waals surface area contributed by atoms with Crippen molar-refractivity contribution in [1.29, 1.82) is 0 Å². The van der Waals surface area contributed by atoms with Crippen molar-refractivity contribution in [3.8, 4) is 11.5 Å². The molecule has 1 aromatic carbocycles. The highest BCUT2D eigenvalue weighted by Gasteiger charge is 2.29. The van der Waals surface area contributed by atoms with Gasteiger partial charge in [-0.15, -0.1) is 0 Å². The summed E-state index contributed by atoms with van der Waals surface area (Å²) in [7, 11) is 3.00. The molecule has 0 aliphatic carbocycles. The number of hydrogen-bond acceptors (Lipinski definition) is 5. The summed E-state index contributed by atoms with van der Waals surface area (Å²) < 4.78 is 10.6. The normalized spacial score (nSPS) is 13.1. The minimum absolute atomic E-state index is 0.128. The Balaban J connectivity index is 2.93. The third-order valence-electron chi connectivity index (χ3n) is 4.16. The topological polar surface area (TPSA) is 103 Å². The van der Waals surface area contributed by atoms with Gasteiger partial charge in [0.15, 0.2) is 18.1 Å². The lowest BCUT2D eigenvalue weighted by Crippen LogP contribution is -2.55. The first kappa shape index (κ1) is 19.8. The Morgan fingerprint density at radius 3 is 2.46 bits per heavy atom. The molecule has 0 aliphatic heterocycles. The summed E-state index contributed by atoms with van der Waals surface area (Å²) in [5.41, 5.74) is 5.73. The molecular weight excluding hydrogens is 310 g/mol. The molecule has 1 aromatic rings. The van der Waals surface area contributed by atoms with E-state index >= 15 is 0 Å². The Morgan fingerprint density at radius 2 is 1.96 bits per heavy atom. The van der Waals surface area contributed by atoms with E-state index in [0.29, 0.717) is 23.6 Å². The van der Waals surface area contributed by atoms with Gasteiger partial charge in [-0.05, 0) is 31.0 Å². The van der Waals surface area contributed by atoms with E-state index in [1.54, 1.807) is 18.2 Å². The molecule has 0 aliphatic rings. The van der Waals surface area contributed by atoms with E-state index in [9.17, 15) is 9.59 Å². The van der Waals surface area contributed by atoms with Crippen LogP contribution in [-0.4, -0.2) is 44.7 Å². The number of carbonyl (C=O) groups is 2. The van der Waals surface area contributed by atoms with Crippen LogP contribution < -0.4 is 25.8 Å². The Kier molecular flexibility index (Phi) is 7.03. The molecule has 0 saturated heterocycles. The van der Waals surface area contributed by atoms with E-state index in [-0.39, 0.29) is 24.3 Å². The lowest BCUT2D eigenvalue weighted by Gasteiger charge is -2.33. The highest BCUT2D eigenvalue weighted by molar-refractivity contribution is 5.95. The molecule has 7 heteroatoms. The van der Waals surface area contributed by atoms with Gasteiger partial charge < -0.3 is 25.8 Å². The lowest BCUT2D eigenvalue weighted by molar-refractivity contribution is -0.122. The van der Waals surface area contributed by atoms with Crippen molar-refractivity contribution in [3.63, 3.8) is 0 Å². The molecule has 134 valence electrons. The number of hydrogen-bond donors (Lipinski definition) is 3.